The molecule has 1 aromatic rings. The van der Waals surface area contributed by atoms with Crippen LogP contribution in [0.4, 0.5) is 0 Å². The zero-order valence-corrected chi connectivity index (χ0v) is 11.7. The first-order valence-electron chi connectivity index (χ1n) is 6.61. The molecule has 1 aliphatic rings. The van der Waals surface area contributed by atoms with E-state index < -0.39 is 5.54 Å². The van der Waals surface area contributed by atoms with Crippen LogP contribution in [0.2, 0.25) is 0 Å². The van der Waals surface area contributed by atoms with Gasteiger partial charge in [-0.15, -0.1) is 0 Å². The minimum atomic E-state index is -0.865. The highest BCUT2D eigenvalue weighted by Crippen LogP contribution is 2.49. The van der Waals surface area contributed by atoms with Gasteiger partial charge < -0.3 is 20.2 Å². The van der Waals surface area contributed by atoms with Crippen LogP contribution in [0.5, 0.6) is 0 Å². The number of nitrogens with two attached hydrogens (primary N) is 1. The van der Waals surface area contributed by atoms with Gasteiger partial charge in [0.05, 0.1) is 18.6 Å². The van der Waals surface area contributed by atoms with Crippen molar-refractivity contribution < 1.29 is 13.9 Å². The van der Waals surface area contributed by atoms with Crippen molar-refractivity contribution in [2.24, 2.45) is 11.1 Å². The summed E-state index contributed by atoms with van der Waals surface area (Å²) in [6, 6.07) is 1.82. The SMILES string of the molecule is CCOC1CC(N)(C(=O)NCc2ccoc2)C1(C)C. The minimum absolute atomic E-state index is 0.0437. The minimum Gasteiger partial charge on any atom is -0.472 e. The molecule has 5 heteroatoms. The maximum atomic E-state index is 12.3. The highest BCUT2D eigenvalue weighted by Gasteiger charge is 2.62. The maximum Gasteiger partial charge on any atom is 0.241 e. The lowest BCUT2D eigenvalue weighted by Crippen LogP contribution is -2.75. The fraction of sp³-hybridized carbons (Fsp3) is 0.643. The Morgan fingerprint density at radius 2 is 2.37 bits per heavy atom. The second-order valence-corrected chi connectivity index (χ2v) is 5.66. The Labute approximate surface area is 113 Å². The normalized spacial score (nSPS) is 28.7. The third kappa shape index (κ3) is 2.28. The Bertz CT molecular complexity index is 442. The molecule has 19 heavy (non-hydrogen) atoms. The molecule has 0 radical (unpaired) electrons. The second kappa shape index (κ2) is 4.98. The number of carbonyl (C=O) groups is 1. The predicted octanol–water partition coefficient (Wildman–Crippen LogP) is 1.43. The van der Waals surface area contributed by atoms with Gasteiger partial charge in [0, 0.05) is 30.6 Å². The van der Waals surface area contributed by atoms with Crippen molar-refractivity contribution in [2.45, 2.75) is 45.4 Å². The van der Waals surface area contributed by atoms with E-state index in [9.17, 15) is 4.79 Å². The molecule has 2 rings (SSSR count). The number of carbonyl (C=O) groups excluding carboxylic acids is 1. The van der Waals surface area contributed by atoms with E-state index in [1.807, 2.05) is 26.8 Å². The fourth-order valence-corrected chi connectivity index (χ4v) is 2.55. The van der Waals surface area contributed by atoms with Crippen molar-refractivity contribution in [3.05, 3.63) is 24.2 Å². The van der Waals surface area contributed by atoms with Crippen LogP contribution in [0.3, 0.4) is 0 Å². The van der Waals surface area contributed by atoms with E-state index in [0.717, 1.165) is 5.56 Å². The molecular formula is C14H22N2O3. The van der Waals surface area contributed by atoms with Crippen LogP contribution >= 0.6 is 0 Å². The number of ether oxygens (including phenoxy) is 1. The van der Waals surface area contributed by atoms with Crippen LogP contribution in [-0.2, 0) is 16.1 Å². The van der Waals surface area contributed by atoms with Gasteiger partial charge in [-0.3, -0.25) is 4.79 Å². The van der Waals surface area contributed by atoms with Gasteiger partial charge in [-0.1, -0.05) is 13.8 Å². The Kier molecular flexibility index (Phi) is 3.69. The molecule has 1 fully saturated rings. The zero-order valence-electron chi connectivity index (χ0n) is 11.7. The Morgan fingerprint density at radius 3 is 2.89 bits per heavy atom. The molecular weight excluding hydrogens is 244 g/mol. The van der Waals surface area contributed by atoms with Gasteiger partial charge in [0.1, 0.15) is 5.54 Å². The van der Waals surface area contributed by atoms with Crippen molar-refractivity contribution in [1.82, 2.24) is 5.32 Å². The first kappa shape index (κ1) is 14.1. The van der Waals surface area contributed by atoms with Crippen molar-refractivity contribution in [3.8, 4) is 0 Å². The van der Waals surface area contributed by atoms with Crippen LogP contribution < -0.4 is 11.1 Å². The fourth-order valence-electron chi connectivity index (χ4n) is 2.55. The van der Waals surface area contributed by atoms with Gasteiger partial charge in [0.25, 0.3) is 0 Å². The topological polar surface area (TPSA) is 77.5 Å². The number of hydrogen-bond donors (Lipinski definition) is 2. The largest absolute Gasteiger partial charge is 0.472 e. The Morgan fingerprint density at radius 1 is 1.63 bits per heavy atom. The predicted molar refractivity (Wildman–Crippen MR) is 71.3 cm³/mol. The summed E-state index contributed by atoms with van der Waals surface area (Å²) in [6.45, 7) is 6.98. The molecule has 2 unspecified atom stereocenters. The van der Waals surface area contributed by atoms with Gasteiger partial charge in [0.15, 0.2) is 0 Å². The smallest absolute Gasteiger partial charge is 0.241 e. The zero-order chi connectivity index (χ0) is 14.1. The van der Waals surface area contributed by atoms with Gasteiger partial charge in [-0.2, -0.15) is 0 Å². The molecule has 1 amide bonds. The summed E-state index contributed by atoms with van der Waals surface area (Å²) in [5.41, 5.74) is 5.97. The third-order valence-corrected chi connectivity index (χ3v) is 4.27. The van der Waals surface area contributed by atoms with Crippen molar-refractivity contribution in [1.29, 1.82) is 0 Å². The Balaban J connectivity index is 1.95. The van der Waals surface area contributed by atoms with Crippen LogP contribution in [0.25, 0.3) is 0 Å². The molecule has 3 N–H and O–H groups in total. The van der Waals surface area contributed by atoms with E-state index in [-0.39, 0.29) is 17.4 Å². The average molecular weight is 266 g/mol. The molecule has 106 valence electrons. The first-order chi connectivity index (χ1) is 8.91. The van der Waals surface area contributed by atoms with E-state index in [1.165, 1.54) is 0 Å². The van der Waals surface area contributed by atoms with E-state index in [4.69, 9.17) is 14.9 Å². The molecule has 0 spiro atoms. The average Bonchev–Trinajstić information content (AvgIpc) is 2.88. The first-order valence-corrected chi connectivity index (χ1v) is 6.61. The van der Waals surface area contributed by atoms with Crippen LogP contribution in [0.15, 0.2) is 23.0 Å². The number of hydrogen-bond acceptors (Lipinski definition) is 4. The molecule has 0 bridgehead atoms. The maximum absolute atomic E-state index is 12.3. The van der Waals surface area contributed by atoms with E-state index in [0.29, 0.717) is 19.6 Å². The summed E-state index contributed by atoms with van der Waals surface area (Å²) in [5.74, 6) is -0.130. The quantitative estimate of drug-likeness (QED) is 0.845. The number of furan rings is 1. The number of nitrogens with one attached hydrogen (secondary N) is 1. The molecule has 1 heterocycles. The summed E-state index contributed by atoms with van der Waals surface area (Å²) in [5, 5.41) is 2.87. The van der Waals surface area contributed by atoms with Crippen LogP contribution in [-0.4, -0.2) is 24.2 Å². The van der Waals surface area contributed by atoms with Crippen molar-refractivity contribution in [2.75, 3.05) is 6.61 Å². The summed E-state index contributed by atoms with van der Waals surface area (Å²) >= 11 is 0. The van der Waals surface area contributed by atoms with E-state index >= 15 is 0 Å². The van der Waals surface area contributed by atoms with Crippen LogP contribution in [0.1, 0.15) is 32.8 Å². The lowest BCUT2D eigenvalue weighted by atomic mass is 9.54. The highest BCUT2D eigenvalue weighted by atomic mass is 16.5. The van der Waals surface area contributed by atoms with Crippen LogP contribution in [0, 0.1) is 5.41 Å². The summed E-state index contributed by atoms with van der Waals surface area (Å²) in [4.78, 5) is 12.3. The summed E-state index contributed by atoms with van der Waals surface area (Å²) < 4.78 is 10.6. The second-order valence-electron chi connectivity index (χ2n) is 5.66. The van der Waals surface area contributed by atoms with E-state index in [2.05, 4.69) is 5.32 Å². The van der Waals surface area contributed by atoms with Gasteiger partial charge in [0.2, 0.25) is 5.91 Å². The Hall–Kier alpha value is -1.33. The monoisotopic (exact) mass is 266 g/mol. The van der Waals surface area contributed by atoms with E-state index in [1.54, 1.807) is 12.5 Å². The molecule has 2 atom stereocenters. The summed E-state index contributed by atoms with van der Waals surface area (Å²) in [7, 11) is 0. The molecule has 1 aromatic heterocycles. The molecule has 0 aromatic carbocycles. The van der Waals surface area contributed by atoms with Crippen molar-refractivity contribution in [3.63, 3.8) is 0 Å². The van der Waals surface area contributed by atoms with Gasteiger partial charge in [-0.25, -0.2) is 0 Å². The highest BCUT2D eigenvalue weighted by molar-refractivity contribution is 5.88. The molecule has 0 aliphatic heterocycles. The van der Waals surface area contributed by atoms with Crippen molar-refractivity contribution >= 4 is 5.91 Å². The summed E-state index contributed by atoms with van der Waals surface area (Å²) in [6.07, 6.45) is 3.80. The molecule has 1 saturated carbocycles. The molecule has 5 nitrogen and oxygen atoms in total. The van der Waals surface area contributed by atoms with Gasteiger partial charge in [-0.05, 0) is 13.0 Å². The number of amides is 1. The number of rotatable bonds is 5. The lowest BCUT2D eigenvalue weighted by molar-refractivity contribution is -0.170. The third-order valence-electron chi connectivity index (χ3n) is 4.27. The lowest BCUT2D eigenvalue weighted by Gasteiger charge is -2.57. The standard InChI is InChI=1S/C14H22N2O3/c1-4-19-11-7-14(15,13(11,2)3)12(17)16-8-10-5-6-18-9-10/h5-6,9,11H,4,7-8,15H2,1-3H3,(H,16,17). The molecule has 1 aliphatic carbocycles. The molecule has 0 saturated heterocycles. The van der Waals surface area contributed by atoms with Gasteiger partial charge >= 0.3 is 0 Å².